The number of ether oxygens (including phenoxy) is 3. The summed E-state index contributed by atoms with van der Waals surface area (Å²) < 4.78 is 20.9. The smallest absolute Gasteiger partial charge is 0.215 e. The van der Waals surface area contributed by atoms with Crippen molar-refractivity contribution in [3.63, 3.8) is 0 Å². The van der Waals surface area contributed by atoms with Crippen LogP contribution in [-0.4, -0.2) is 46.9 Å². The van der Waals surface area contributed by atoms with E-state index in [2.05, 4.69) is 57.7 Å². The molecule has 2 aliphatic rings. The van der Waals surface area contributed by atoms with Gasteiger partial charge in [0.2, 0.25) is 5.79 Å². The molecule has 6 rings (SSSR count). The number of fused-ring (bicyclic) bond motifs is 1. The van der Waals surface area contributed by atoms with Crippen molar-refractivity contribution in [3.8, 4) is 5.75 Å². The Morgan fingerprint density at radius 2 is 2.10 bits per heavy atom. The largest absolute Gasteiger partial charge is 0.491 e. The number of imidazole rings is 1. The summed E-state index contributed by atoms with van der Waals surface area (Å²) in [5, 5.41) is 3.16. The van der Waals surface area contributed by atoms with Crippen molar-refractivity contribution in [2.45, 2.75) is 31.4 Å². The third kappa shape index (κ3) is 6.24. The number of halogens is 2. The SMILES string of the molecule is Clc1ccc([C@@]2(Cn3ccnc3)OC[C@H](COc3ccc4c(c3)CCN(CC=Cc3cccs3)C4)O2)c(Cl)c1. The maximum absolute atomic E-state index is 6.58. The van der Waals surface area contributed by atoms with Crippen LogP contribution in [0.3, 0.4) is 0 Å². The molecule has 9 heteroatoms. The zero-order valence-electron chi connectivity index (χ0n) is 21.3. The molecular weight excluding hydrogens is 553 g/mol. The highest BCUT2D eigenvalue weighted by atomic mass is 35.5. The Bertz CT molecular complexity index is 1430. The van der Waals surface area contributed by atoms with Gasteiger partial charge in [0, 0.05) is 47.5 Å². The minimum atomic E-state index is -1.06. The topological polar surface area (TPSA) is 48.8 Å². The second kappa shape index (κ2) is 11.8. The van der Waals surface area contributed by atoms with E-state index in [4.69, 9.17) is 37.4 Å². The lowest BCUT2D eigenvalue weighted by Gasteiger charge is -2.30. The predicted octanol–water partition coefficient (Wildman–Crippen LogP) is 6.67. The van der Waals surface area contributed by atoms with E-state index in [1.165, 1.54) is 16.0 Å². The standard InChI is InChI=1S/C30H29Cl2N3O3S/c31-24-6-8-28(29(32)16-24)30(20-35-13-10-33-21-35)37-19-26(38-30)18-36-25-7-5-23-17-34(12-9-22(23)15-25)11-1-3-27-4-2-14-39-27/h1-8,10,13-16,21,26H,9,11-12,17-20H2/t26-,30-/m0/s1. The van der Waals surface area contributed by atoms with Gasteiger partial charge in [-0.2, -0.15) is 0 Å². The van der Waals surface area contributed by atoms with Crippen LogP contribution in [-0.2, 0) is 34.8 Å². The van der Waals surface area contributed by atoms with E-state index in [0.717, 1.165) is 37.4 Å². The zero-order valence-corrected chi connectivity index (χ0v) is 23.7. The van der Waals surface area contributed by atoms with E-state index in [1.807, 2.05) is 16.8 Å². The summed E-state index contributed by atoms with van der Waals surface area (Å²) in [6.07, 6.45) is 10.5. The molecular formula is C30H29Cl2N3O3S. The van der Waals surface area contributed by atoms with Gasteiger partial charge in [0.15, 0.2) is 0 Å². The minimum Gasteiger partial charge on any atom is -0.491 e. The van der Waals surface area contributed by atoms with Gasteiger partial charge in [0.1, 0.15) is 18.5 Å². The maximum Gasteiger partial charge on any atom is 0.215 e. The summed E-state index contributed by atoms with van der Waals surface area (Å²) in [5.41, 5.74) is 3.43. The molecule has 1 saturated heterocycles. The second-order valence-electron chi connectivity index (χ2n) is 9.81. The number of rotatable bonds is 9. The molecule has 0 aliphatic carbocycles. The molecule has 202 valence electrons. The van der Waals surface area contributed by atoms with Crippen molar-refractivity contribution >= 4 is 40.6 Å². The summed E-state index contributed by atoms with van der Waals surface area (Å²) >= 11 is 14.5. The highest BCUT2D eigenvalue weighted by Gasteiger charge is 2.45. The Hall–Kier alpha value is -2.65. The molecule has 4 aromatic rings. The molecule has 2 aliphatic heterocycles. The fourth-order valence-electron chi connectivity index (χ4n) is 5.10. The molecule has 39 heavy (non-hydrogen) atoms. The third-order valence-corrected chi connectivity index (χ3v) is 8.43. The molecule has 0 bridgehead atoms. The number of aromatic nitrogens is 2. The number of thiophene rings is 1. The molecule has 0 spiro atoms. The van der Waals surface area contributed by atoms with Crippen LogP contribution in [0.2, 0.25) is 10.0 Å². The van der Waals surface area contributed by atoms with Gasteiger partial charge in [0.05, 0.1) is 24.5 Å². The molecule has 0 saturated carbocycles. The van der Waals surface area contributed by atoms with Gasteiger partial charge in [-0.15, -0.1) is 11.3 Å². The van der Waals surface area contributed by atoms with Crippen LogP contribution in [0, 0.1) is 0 Å². The van der Waals surface area contributed by atoms with E-state index in [9.17, 15) is 0 Å². The first-order chi connectivity index (χ1) is 19.1. The van der Waals surface area contributed by atoms with Crippen LogP contribution >= 0.6 is 34.5 Å². The van der Waals surface area contributed by atoms with Gasteiger partial charge in [0.25, 0.3) is 0 Å². The van der Waals surface area contributed by atoms with E-state index in [1.54, 1.807) is 36.0 Å². The van der Waals surface area contributed by atoms with Crippen LogP contribution in [0.4, 0.5) is 0 Å². The van der Waals surface area contributed by atoms with Crippen molar-refractivity contribution in [2.75, 3.05) is 26.3 Å². The second-order valence-corrected chi connectivity index (χ2v) is 11.6. The van der Waals surface area contributed by atoms with Gasteiger partial charge >= 0.3 is 0 Å². The zero-order chi connectivity index (χ0) is 26.7. The highest BCUT2D eigenvalue weighted by molar-refractivity contribution is 7.10. The number of hydrogen-bond donors (Lipinski definition) is 0. The van der Waals surface area contributed by atoms with Gasteiger partial charge in [-0.25, -0.2) is 4.98 Å². The Kier molecular flexibility index (Phi) is 8.07. The Morgan fingerprint density at radius 3 is 2.92 bits per heavy atom. The fraction of sp³-hybridized carbons (Fsp3) is 0.300. The quantitative estimate of drug-likeness (QED) is 0.221. The van der Waals surface area contributed by atoms with Crippen LogP contribution in [0.5, 0.6) is 5.75 Å². The molecule has 1 fully saturated rings. The lowest BCUT2D eigenvalue weighted by molar-refractivity contribution is -0.189. The first kappa shape index (κ1) is 26.6. The molecule has 4 heterocycles. The molecule has 2 aromatic heterocycles. The fourth-order valence-corrected chi connectivity index (χ4v) is 6.30. The summed E-state index contributed by atoms with van der Waals surface area (Å²) in [6.45, 7) is 4.09. The molecule has 0 N–H and O–H groups in total. The van der Waals surface area contributed by atoms with Gasteiger partial charge in [-0.05, 0) is 59.3 Å². The molecule has 6 nitrogen and oxygen atoms in total. The van der Waals surface area contributed by atoms with Crippen molar-refractivity contribution in [1.82, 2.24) is 14.5 Å². The first-order valence-corrected chi connectivity index (χ1v) is 14.6. The Balaban J connectivity index is 1.08. The number of nitrogens with zero attached hydrogens (tertiary/aromatic N) is 3. The van der Waals surface area contributed by atoms with E-state index < -0.39 is 5.79 Å². The number of benzene rings is 2. The Morgan fingerprint density at radius 1 is 1.15 bits per heavy atom. The maximum atomic E-state index is 6.58. The average molecular weight is 583 g/mol. The van der Waals surface area contributed by atoms with E-state index in [-0.39, 0.29) is 6.10 Å². The third-order valence-electron chi connectivity index (χ3n) is 7.04. The predicted molar refractivity (Wildman–Crippen MR) is 155 cm³/mol. The van der Waals surface area contributed by atoms with Crippen LogP contribution in [0.15, 0.2) is 78.7 Å². The van der Waals surface area contributed by atoms with Crippen LogP contribution in [0.1, 0.15) is 21.6 Å². The van der Waals surface area contributed by atoms with Crippen molar-refractivity contribution in [1.29, 1.82) is 0 Å². The monoisotopic (exact) mass is 581 g/mol. The van der Waals surface area contributed by atoms with Gasteiger partial charge in [-0.1, -0.05) is 47.5 Å². The molecule has 0 amide bonds. The molecule has 0 radical (unpaired) electrons. The van der Waals surface area contributed by atoms with Gasteiger partial charge in [-0.3, -0.25) is 4.90 Å². The summed E-state index contributed by atoms with van der Waals surface area (Å²) in [4.78, 5) is 7.92. The first-order valence-electron chi connectivity index (χ1n) is 13.0. The lowest BCUT2D eigenvalue weighted by Crippen LogP contribution is -2.34. The van der Waals surface area contributed by atoms with Crippen LogP contribution < -0.4 is 4.74 Å². The Labute approximate surface area is 242 Å². The molecule has 2 aromatic carbocycles. The number of hydrogen-bond acceptors (Lipinski definition) is 6. The van der Waals surface area contributed by atoms with Crippen molar-refractivity contribution < 1.29 is 14.2 Å². The normalized spacial score (nSPS) is 21.4. The summed E-state index contributed by atoms with van der Waals surface area (Å²) in [7, 11) is 0. The molecule has 0 unspecified atom stereocenters. The van der Waals surface area contributed by atoms with E-state index >= 15 is 0 Å². The lowest BCUT2D eigenvalue weighted by atomic mass is 9.99. The van der Waals surface area contributed by atoms with Crippen molar-refractivity contribution in [3.05, 3.63) is 110 Å². The summed E-state index contributed by atoms with van der Waals surface area (Å²) in [5.74, 6) is -0.215. The van der Waals surface area contributed by atoms with E-state index in [0.29, 0.717) is 29.8 Å². The van der Waals surface area contributed by atoms with Crippen LogP contribution in [0.25, 0.3) is 6.08 Å². The minimum absolute atomic E-state index is 0.262. The van der Waals surface area contributed by atoms with Crippen molar-refractivity contribution in [2.24, 2.45) is 0 Å². The van der Waals surface area contributed by atoms with Gasteiger partial charge < -0.3 is 18.8 Å². The molecule has 2 atom stereocenters. The average Bonchev–Trinajstić information content (AvgIpc) is 3.71. The highest BCUT2D eigenvalue weighted by Crippen LogP contribution is 2.40. The summed E-state index contributed by atoms with van der Waals surface area (Å²) in [6, 6.07) is 16.0.